The summed E-state index contributed by atoms with van der Waals surface area (Å²) in [7, 11) is 0. The minimum absolute atomic E-state index is 0.117. The first-order chi connectivity index (χ1) is 12.9. The highest BCUT2D eigenvalue weighted by molar-refractivity contribution is 5.95. The van der Waals surface area contributed by atoms with Crippen molar-refractivity contribution in [3.05, 3.63) is 66.2 Å². The molecule has 3 aromatic rings. The standard InChI is InChI=1S/C17H15F3N6O/c18-17(19,20)13-5-2-1-4-12(13)16(27)22-8-7-21-14-10-15(24-11-23-14)26-9-3-6-25-26/h1-6,9-11H,7-8H2,(H,22,27)(H,21,23,24). The predicted octanol–water partition coefficient (Wildman–Crippen LogP) is 2.52. The summed E-state index contributed by atoms with van der Waals surface area (Å²) < 4.78 is 40.4. The SMILES string of the molecule is O=C(NCCNc1cc(-n2cccn2)ncn1)c1ccccc1C(F)(F)F. The van der Waals surface area contributed by atoms with Gasteiger partial charge >= 0.3 is 6.18 Å². The van der Waals surface area contributed by atoms with Crippen molar-refractivity contribution in [2.24, 2.45) is 0 Å². The van der Waals surface area contributed by atoms with Crippen molar-refractivity contribution in [3.8, 4) is 5.82 Å². The predicted molar refractivity (Wildman–Crippen MR) is 91.4 cm³/mol. The molecule has 1 aromatic carbocycles. The molecule has 2 aromatic heterocycles. The zero-order valence-corrected chi connectivity index (χ0v) is 13.9. The zero-order chi connectivity index (χ0) is 19.3. The highest BCUT2D eigenvalue weighted by Gasteiger charge is 2.34. The van der Waals surface area contributed by atoms with Gasteiger partial charge in [0.25, 0.3) is 5.91 Å². The Labute approximate surface area is 152 Å². The van der Waals surface area contributed by atoms with Crippen LogP contribution in [0.5, 0.6) is 0 Å². The van der Waals surface area contributed by atoms with Crippen LogP contribution in [0, 0.1) is 0 Å². The zero-order valence-electron chi connectivity index (χ0n) is 13.9. The van der Waals surface area contributed by atoms with Crippen molar-refractivity contribution in [2.75, 3.05) is 18.4 Å². The smallest absolute Gasteiger partial charge is 0.368 e. The van der Waals surface area contributed by atoms with E-state index in [0.29, 0.717) is 11.6 Å². The summed E-state index contributed by atoms with van der Waals surface area (Å²) in [6, 6.07) is 8.07. The van der Waals surface area contributed by atoms with E-state index in [1.54, 1.807) is 29.2 Å². The third-order valence-corrected chi connectivity index (χ3v) is 3.59. The molecule has 140 valence electrons. The molecule has 0 saturated heterocycles. The quantitative estimate of drug-likeness (QED) is 0.646. The number of rotatable bonds is 6. The molecule has 0 bridgehead atoms. The highest BCUT2D eigenvalue weighted by atomic mass is 19.4. The molecule has 2 N–H and O–H groups in total. The number of nitrogens with zero attached hydrogens (tertiary/aromatic N) is 4. The van der Waals surface area contributed by atoms with E-state index in [2.05, 4.69) is 25.7 Å². The number of anilines is 1. The molecule has 2 heterocycles. The Bertz CT molecular complexity index is 911. The molecule has 0 aliphatic carbocycles. The van der Waals surface area contributed by atoms with Crippen LogP contribution in [0.2, 0.25) is 0 Å². The fourth-order valence-corrected chi connectivity index (χ4v) is 2.36. The maximum Gasteiger partial charge on any atom is 0.417 e. The molecular formula is C17H15F3N6O. The number of amides is 1. The summed E-state index contributed by atoms with van der Waals surface area (Å²) >= 11 is 0. The van der Waals surface area contributed by atoms with Crippen LogP contribution in [0.25, 0.3) is 5.82 Å². The number of hydrogen-bond acceptors (Lipinski definition) is 5. The van der Waals surface area contributed by atoms with E-state index >= 15 is 0 Å². The van der Waals surface area contributed by atoms with E-state index in [9.17, 15) is 18.0 Å². The second-order valence-electron chi connectivity index (χ2n) is 5.44. The summed E-state index contributed by atoms with van der Waals surface area (Å²) in [5.41, 5.74) is -1.37. The lowest BCUT2D eigenvalue weighted by atomic mass is 10.1. The van der Waals surface area contributed by atoms with E-state index in [-0.39, 0.29) is 13.1 Å². The molecular weight excluding hydrogens is 361 g/mol. The summed E-state index contributed by atoms with van der Waals surface area (Å²) in [6.45, 7) is 0.390. The second-order valence-corrected chi connectivity index (χ2v) is 5.44. The van der Waals surface area contributed by atoms with Gasteiger partial charge in [-0.3, -0.25) is 4.79 Å². The maximum absolute atomic E-state index is 13.0. The molecule has 10 heteroatoms. The van der Waals surface area contributed by atoms with E-state index in [1.807, 2.05) is 0 Å². The number of benzene rings is 1. The van der Waals surface area contributed by atoms with E-state index in [4.69, 9.17) is 0 Å². The minimum atomic E-state index is -4.59. The first-order valence-corrected chi connectivity index (χ1v) is 7.95. The number of hydrogen-bond donors (Lipinski definition) is 2. The van der Waals surface area contributed by atoms with Crippen LogP contribution in [-0.4, -0.2) is 38.7 Å². The van der Waals surface area contributed by atoms with Crippen LogP contribution < -0.4 is 10.6 Å². The molecule has 7 nitrogen and oxygen atoms in total. The summed E-state index contributed by atoms with van der Waals surface area (Å²) in [6.07, 6.45) is 0.113. The molecule has 1 amide bonds. The lowest BCUT2D eigenvalue weighted by molar-refractivity contribution is -0.137. The molecule has 0 fully saturated rings. The number of nitrogens with one attached hydrogen (secondary N) is 2. The Morgan fingerprint density at radius 2 is 1.93 bits per heavy atom. The van der Waals surface area contributed by atoms with Crippen LogP contribution in [0.1, 0.15) is 15.9 Å². The van der Waals surface area contributed by atoms with Crippen molar-refractivity contribution in [1.29, 1.82) is 0 Å². The van der Waals surface area contributed by atoms with Gasteiger partial charge in [-0.25, -0.2) is 14.6 Å². The molecule has 0 aliphatic heterocycles. The number of alkyl halides is 3. The van der Waals surface area contributed by atoms with Gasteiger partial charge in [0.05, 0.1) is 11.1 Å². The Morgan fingerprint density at radius 3 is 2.67 bits per heavy atom. The van der Waals surface area contributed by atoms with Crippen LogP contribution in [0.4, 0.5) is 19.0 Å². The average Bonchev–Trinajstić information content (AvgIpc) is 3.19. The van der Waals surface area contributed by atoms with Crippen molar-refractivity contribution < 1.29 is 18.0 Å². The lowest BCUT2D eigenvalue weighted by Crippen LogP contribution is -2.30. The number of carbonyl (C=O) groups is 1. The van der Waals surface area contributed by atoms with Gasteiger partial charge in [0, 0.05) is 31.5 Å². The van der Waals surface area contributed by atoms with E-state index < -0.39 is 23.2 Å². The van der Waals surface area contributed by atoms with Crippen LogP contribution in [0.3, 0.4) is 0 Å². The van der Waals surface area contributed by atoms with E-state index in [0.717, 1.165) is 12.1 Å². The van der Waals surface area contributed by atoms with Gasteiger partial charge in [-0.15, -0.1) is 0 Å². The van der Waals surface area contributed by atoms with Crippen molar-refractivity contribution in [3.63, 3.8) is 0 Å². The van der Waals surface area contributed by atoms with Gasteiger partial charge in [-0.05, 0) is 18.2 Å². The molecule has 0 aliphatic rings. The third kappa shape index (κ3) is 4.60. The number of aromatic nitrogens is 4. The van der Waals surface area contributed by atoms with Gasteiger partial charge in [-0.1, -0.05) is 12.1 Å². The first kappa shape index (κ1) is 18.4. The number of carbonyl (C=O) groups excluding carboxylic acids is 1. The Hall–Kier alpha value is -3.43. The second kappa shape index (κ2) is 7.85. The largest absolute Gasteiger partial charge is 0.417 e. The lowest BCUT2D eigenvalue weighted by Gasteiger charge is -2.13. The van der Waals surface area contributed by atoms with Crippen LogP contribution in [-0.2, 0) is 6.18 Å². The van der Waals surface area contributed by atoms with Gasteiger partial charge < -0.3 is 10.6 Å². The molecule has 3 rings (SSSR count). The normalized spacial score (nSPS) is 11.2. The van der Waals surface area contributed by atoms with Gasteiger partial charge in [0.2, 0.25) is 0 Å². The minimum Gasteiger partial charge on any atom is -0.368 e. The Balaban J connectivity index is 1.55. The summed E-state index contributed by atoms with van der Waals surface area (Å²) in [5, 5.41) is 9.49. The first-order valence-electron chi connectivity index (χ1n) is 7.95. The van der Waals surface area contributed by atoms with Gasteiger partial charge in [0.1, 0.15) is 12.1 Å². The third-order valence-electron chi connectivity index (χ3n) is 3.59. The van der Waals surface area contributed by atoms with Gasteiger partial charge in [-0.2, -0.15) is 18.3 Å². The van der Waals surface area contributed by atoms with Crippen molar-refractivity contribution in [2.45, 2.75) is 6.18 Å². The average molecular weight is 376 g/mol. The monoisotopic (exact) mass is 376 g/mol. The summed E-state index contributed by atoms with van der Waals surface area (Å²) in [5.74, 6) is 0.269. The Morgan fingerprint density at radius 1 is 1.11 bits per heavy atom. The molecule has 0 unspecified atom stereocenters. The molecule has 27 heavy (non-hydrogen) atoms. The van der Waals surface area contributed by atoms with Gasteiger partial charge in [0.15, 0.2) is 5.82 Å². The fourth-order valence-electron chi connectivity index (χ4n) is 2.36. The highest BCUT2D eigenvalue weighted by Crippen LogP contribution is 2.31. The molecule has 0 saturated carbocycles. The van der Waals surface area contributed by atoms with E-state index in [1.165, 1.54) is 18.5 Å². The number of halogens is 3. The molecule has 0 spiro atoms. The topological polar surface area (TPSA) is 84.7 Å². The van der Waals surface area contributed by atoms with Crippen molar-refractivity contribution in [1.82, 2.24) is 25.1 Å². The molecule has 0 radical (unpaired) electrons. The summed E-state index contributed by atoms with van der Waals surface area (Å²) in [4.78, 5) is 20.2. The maximum atomic E-state index is 13.0. The van der Waals surface area contributed by atoms with Crippen LogP contribution >= 0.6 is 0 Å². The molecule has 0 atom stereocenters. The van der Waals surface area contributed by atoms with Crippen molar-refractivity contribution >= 4 is 11.7 Å². The van der Waals surface area contributed by atoms with Crippen LogP contribution in [0.15, 0.2) is 55.1 Å². The Kier molecular flexibility index (Phi) is 5.34. The fraction of sp³-hybridized carbons (Fsp3) is 0.176.